The van der Waals surface area contributed by atoms with Crippen molar-refractivity contribution in [3.8, 4) is 0 Å². The fourth-order valence-corrected chi connectivity index (χ4v) is 3.42. The Morgan fingerprint density at radius 2 is 2.30 bits per heavy atom. The standard InChI is InChI=1S/C13H12ClIN2O2S/c1-3-19-13(18)11-7(2)17-20-12(11)16-10-5-4-8(14)6-9(10)15/h4-6,16H,3H2,1-2H3. The molecule has 0 radical (unpaired) electrons. The van der Waals surface area contributed by atoms with Gasteiger partial charge in [-0.15, -0.1) is 0 Å². The van der Waals surface area contributed by atoms with Gasteiger partial charge in [-0.2, -0.15) is 4.37 Å². The van der Waals surface area contributed by atoms with E-state index < -0.39 is 0 Å². The predicted octanol–water partition coefficient (Wildman–Crippen LogP) is 4.63. The van der Waals surface area contributed by atoms with E-state index in [4.69, 9.17) is 16.3 Å². The van der Waals surface area contributed by atoms with Crippen molar-refractivity contribution in [2.75, 3.05) is 11.9 Å². The van der Waals surface area contributed by atoms with Gasteiger partial charge in [-0.25, -0.2) is 4.79 Å². The molecule has 7 heteroatoms. The summed E-state index contributed by atoms with van der Waals surface area (Å²) in [5.41, 5.74) is 2.03. The van der Waals surface area contributed by atoms with E-state index in [1.807, 2.05) is 12.1 Å². The number of nitrogens with zero attached hydrogens (tertiary/aromatic N) is 1. The highest BCUT2D eigenvalue weighted by Crippen LogP contribution is 2.31. The van der Waals surface area contributed by atoms with Crippen LogP contribution in [0.2, 0.25) is 5.02 Å². The molecule has 0 fully saturated rings. The number of aryl methyl sites for hydroxylation is 1. The van der Waals surface area contributed by atoms with Crippen molar-refractivity contribution in [2.24, 2.45) is 0 Å². The zero-order chi connectivity index (χ0) is 14.7. The first kappa shape index (κ1) is 15.5. The van der Waals surface area contributed by atoms with Gasteiger partial charge in [0.15, 0.2) is 0 Å². The van der Waals surface area contributed by atoms with Gasteiger partial charge in [0.05, 0.1) is 18.0 Å². The van der Waals surface area contributed by atoms with Crippen molar-refractivity contribution in [2.45, 2.75) is 13.8 Å². The number of carbonyl (C=O) groups is 1. The molecule has 1 aromatic carbocycles. The van der Waals surface area contributed by atoms with Crippen LogP contribution >= 0.6 is 45.7 Å². The van der Waals surface area contributed by atoms with Crippen LogP contribution in [0.4, 0.5) is 10.7 Å². The van der Waals surface area contributed by atoms with E-state index in [9.17, 15) is 4.79 Å². The summed E-state index contributed by atoms with van der Waals surface area (Å²) in [5.74, 6) is -0.356. The van der Waals surface area contributed by atoms with Gasteiger partial charge < -0.3 is 10.1 Å². The molecule has 1 N–H and O–H groups in total. The second kappa shape index (κ2) is 6.73. The zero-order valence-electron chi connectivity index (χ0n) is 10.9. The highest BCUT2D eigenvalue weighted by molar-refractivity contribution is 14.1. The Balaban J connectivity index is 2.32. The number of hydrogen-bond acceptors (Lipinski definition) is 5. The Labute approximate surface area is 139 Å². The maximum Gasteiger partial charge on any atom is 0.343 e. The lowest BCUT2D eigenvalue weighted by Gasteiger charge is -2.09. The van der Waals surface area contributed by atoms with E-state index in [1.54, 1.807) is 19.9 Å². The van der Waals surface area contributed by atoms with Crippen LogP contribution in [-0.2, 0) is 4.74 Å². The molecule has 20 heavy (non-hydrogen) atoms. The summed E-state index contributed by atoms with van der Waals surface area (Å²) in [5, 5.41) is 4.57. The molecule has 0 saturated carbocycles. The van der Waals surface area contributed by atoms with E-state index >= 15 is 0 Å². The van der Waals surface area contributed by atoms with E-state index in [0.29, 0.717) is 27.9 Å². The van der Waals surface area contributed by atoms with Gasteiger partial charge in [-0.3, -0.25) is 0 Å². The second-order valence-corrected chi connectivity index (χ2v) is 6.31. The SMILES string of the molecule is CCOC(=O)c1c(C)nsc1Nc1ccc(Cl)cc1I. The molecule has 2 aromatic rings. The Kier molecular flexibility index (Phi) is 5.22. The molecule has 106 valence electrons. The Hall–Kier alpha value is -0.860. The van der Waals surface area contributed by atoms with Crippen LogP contribution in [0.15, 0.2) is 18.2 Å². The molecular formula is C13H12ClIN2O2S. The van der Waals surface area contributed by atoms with E-state index in [-0.39, 0.29) is 5.97 Å². The van der Waals surface area contributed by atoms with Crippen molar-refractivity contribution in [3.05, 3.63) is 38.0 Å². The smallest absolute Gasteiger partial charge is 0.343 e. The number of aromatic nitrogens is 1. The average molecular weight is 423 g/mol. The second-order valence-electron chi connectivity index (χ2n) is 3.94. The summed E-state index contributed by atoms with van der Waals surface area (Å²) in [6.07, 6.45) is 0. The molecule has 0 aliphatic carbocycles. The van der Waals surface area contributed by atoms with E-state index in [1.165, 1.54) is 11.5 Å². The molecule has 0 saturated heterocycles. The molecule has 0 spiro atoms. The average Bonchev–Trinajstić information content (AvgIpc) is 2.74. The number of nitrogens with one attached hydrogen (secondary N) is 1. The molecule has 1 heterocycles. The molecule has 0 aliphatic heterocycles. The van der Waals surface area contributed by atoms with Crippen LogP contribution in [-0.4, -0.2) is 16.9 Å². The number of esters is 1. The zero-order valence-corrected chi connectivity index (χ0v) is 14.6. The molecule has 0 atom stereocenters. The minimum Gasteiger partial charge on any atom is -0.462 e. The van der Waals surface area contributed by atoms with E-state index in [2.05, 4.69) is 32.3 Å². The summed E-state index contributed by atoms with van der Waals surface area (Å²) >= 11 is 9.36. The maximum absolute atomic E-state index is 12.0. The van der Waals surface area contributed by atoms with Gasteiger partial charge in [0, 0.05) is 8.59 Å². The molecule has 1 aromatic heterocycles. The van der Waals surface area contributed by atoms with Gasteiger partial charge in [0.1, 0.15) is 10.6 Å². The highest BCUT2D eigenvalue weighted by Gasteiger charge is 2.20. The number of ether oxygens (including phenoxy) is 1. The maximum atomic E-state index is 12.0. The number of anilines is 2. The summed E-state index contributed by atoms with van der Waals surface area (Å²) in [6.45, 7) is 3.91. The van der Waals surface area contributed by atoms with Crippen LogP contribution in [0, 0.1) is 10.5 Å². The summed E-state index contributed by atoms with van der Waals surface area (Å²) in [4.78, 5) is 12.0. The minimum atomic E-state index is -0.356. The van der Waals surface area contributed by atoms with Crippen LogP contribution < -0.4 is 5.32 Å². The molecule has 0 aliphatic rings. The third-order valence-corrected chi connectivity index (χ3v) is 4.50. The number of carbonyl (C=O) groups excluding carboxylic acids is 1. The topological polar surface area (TPSA) is 51.2 Å². The predicted molar refractivity (Wildman–Crippen MR) is 90.3 cm³/mol. The van der Waals surface area contributed by atoms with Gasteiger partial charge >= 0.3 is 5.97 Å². The fraction of sp³-hybridized carbons (Fsp3) is 0.231. The van der Waals surface area contributed by atoms with Crippen LogP contribution in [0.5, 0.6) is 0 Å². The van der Waals surface area contributed by atoms with Crippen molar-refractivity contribution in [3.63, 3.8) is 0 Å². The first-order chi connectivity index (χ1) is 9.52. The van der Waals surface area contributed by atoms with Gasteiger partial charge in [0.25, 0.3) is 0 Å². The lowest BCUT2D eigenvalue weighted by atomic mass is 10.2. The van der Waals surface area contributed by atoms with Crippen molar-refractivity contribution >= 4 is 62.4 Å². The Bertz CT molecular complexity index is 645. The summed E-state index contributed by atoms with van der Waals surface area (Å²) in [6, 6.07) is 5.51. The summed E-state index contributed by atoms with van der Waals surface area (Å²) < 4.78 is 10.2. The monoisotopic (exact) mass is 422 g/mol. The third-order valence-electron chi connectivity index (χ3n) is 2.52. The normalized spacial score (nSPS) is 10.4. The lowest BCUT2D eigenvalue weighted by molar-refractivity contribution is 0.0527. The number of halogens is 2. The van der Waals surface area contributed by atoms with E-state index in [0.717, 1.165) is 9.26 Å². The van der Waals surface area contributed by atoms with Crippen molar-refractivity contribution in [1.29, 1.82) is 0 Å². The fourth-order valence-electron chi connectivity index (χ4n) is 1.61. The molecule has 0 amide bonds. The Morgan fingerprint density at radius 1 is 1.55 bits per heavy atom. The Morgan fingerprint density at radius 3 is 2.95 bits per heavy atom. The van der Waals surface area contributed by atoms with Crippen LogP contribution in [0.25, 0.3) is 0 Å². The molecule has 4 nitrogen and oxygen atoms in total. The number of rotatable bonds is 4. The van der Waals surface area contributed by atoms with Gasteiger partial charge in [-0.05, 0) is 66.2 Å². The van der Waals surface area contributed by atoms with Crippen molar-refractivity contribution < 1.29 is 9.53 Å². The molecule has 0 bridgehead atoms. The number of hydrogen-bond donors (Lipinski definition) is 1. The minimum absolute atomic E-state index is 0.339. The number of benzene rings is 1. The molecule has 2 rings (SSSR count). The largest absolute Gasteiger partial charge is 0.462 e. The third kappa shape index (κ3) is 3.42. The first-order valence-electron chi connectivity index (χ1n) is 5.88. The van der Waals surface area contributed by atoms with Crippen LogP contribution in [0.1, 0.15) is 23.0 Å². The van der Waals surface area contributed by atoms with Gasteiger partial charge in [-0.1, -0.05) is 11.6 Å². The van der Waals surface area contributed by atoms with Crippen LogP contribution in [0.3, 0.4) is 0 Å². The highest BCUT2D eigenvalue weighted by atomic mass is 127. The lowest BCUT2D eigenvalue weighted by Crippen LogP contribution is -2.07. The molecular weight excluding hydrogens is 411 g/mol. The first-order valence-corrected chi connectivity index (χ1v) is 8.11. The van der Waals surface area contributed by atoms with Gasteiger partial charge in [0.2, 0.25) is 0 Å². The van der Waals surface area contributed by atoms with Crippen molar-refractivity contribution in [1.82, 2.24) is 4.37 Å². The summed E-state index contributed by atoms with van der Waals surface area (Å²) in [7, 11) is 0. The molecule has 0 unspecified atom stereocenters. The quantitative estimate of drug-likeness (QED) is 0.576.